The number of hydrogen-bond acceptors (Lipinski definition) is 6. The molecule has 6 rings (SSSR count). The Morgan fingerprint density at radius 3 is 2.60 bits per heavy atom. The number of likely N-dealkylation sites (tertiary alicyclic amines) is 1. The highest BCUT2D eigenvalue weighted by atomic mass is 32.1. The molecule has 0 radical (unpaired) electrons. The molecule has 1 aliphatic heterocycles. The van der Waals surface area contributed by atoms with E-state index in [1.165, 1.54) is 25.3 Å². The second-order valence-corrected chi connectivity index (χ2v) is 10.4. The quantitative estimate of drug-likeness (QED) is 0.275. The van der Waals surface area contributed by atoms with Crippen molar-refractivity contribution < 1.29 is 18.7 Å². The molecule has 3 aromatic heterocycles. The second-order valence-electron chi connectivity index (χ2n) is 9.44. The number of nitrogens with two attached hydrogens (primary N) is 1. The molecular weight excluding hydrogens is 529 g/mol. The zero-order valence-electron chi connectivity index (χ0n) is 21.5. The van der Waals surface area contributed by atoms with E-state index >= 15 is 0 Å². The molecule has 1 saturated heterocycles. The average molecular weight is 554 g/mol. The van der Waals surface area contributed by atoms with E-state index in [0.29, 0.717) is 35.7 Å². The van der Waals surface area contributed by atoms with Crippen LogP contribution in [0.15, 0.2) is 79.0 Å². The van der Waals surface area contributed by atoms with Crippen molar-refractivity contribution >= 4 is 33.2 Å². The normalized spacial score (nSPS) is 13.3. The van der Waals surface area contributed by atoms with Crippen molar-refractivity contribution in [1.82, 2.24) is 19.7 Å². The number of thiophene rings is 1. The van der Waals surface area contributed by atoms with Gasteiger partial charge in [0.15, 0.2) is 0 Å². The first-order valence-electron chi connectivity index (χ1n) is 12.5. The lowest BCUT2D eigenvalue weighted by Crippen LogP contribution is -2.50. The standard InChI is InChI=1S/C30H24FN5O3S/c1-3-25(37)35-15-21(16-35)36-14-19(13-33-36)28-26(22-9-8-20(31)12-24(22)39-2)29-23(10-11-40-29)27(34-28)17-4-6-18(7-5-17)30(32)38/h3-14,21H,1,15-16H2,2H3,(H2,32,38). The summed E-state index contributed by atoms with van der Waals surface area (Å²) in [6, 6.07) is 13.5. The molecule has 40 heavy (non-hydrogen) atoms. The van der Waals surface area contributed by atoms with Crippen molar-refractivity contribution in [3.8, 4) is 39.4 Å². The number of aromatic nitrogens is 3. The minimum Gasteiger partial charge on any atom is -0.496 e. The Morgan fingerprint density at radius 1 is 1.12 bits per heavy atom. The van der Waals surface area contributed by atoms with Crippen LogP contribution in [0, 0.1) is 5.82 Å². The number of ether oxygens (including phenoxy) is 1. The number of primary amides is 1. The third-order valence-corrected chi connectivity index (χ3v) is 8.01. The molecular formula is C30H24FN5O3S. The van der Waals surface area contributed by atoms with E-state index in [-0.39, 0.29) is 11.9 Å². The summed E-state index contributed by atoms with van der Waals surface area (Å²) in [4.78, 5) is 30.4. The molecule has 0 saturated carbocycles. The summed E-state index contributed by atoms with van der Waals surface area (Å²) in [5.74, 6) is -0.621. The summed E-state index contributed by atoms with van der Waals surface area (Å²) in [6.07, 6.45) is 4.98. The molecule has 0 atom stereocenters. The molecule has 2 aromatic carbocycles. The van der Waals surface area contributed by atoms with Gasteiger partial charge in [-0.2, -0.15) is 5.10 Å². The molecule has 1 fully saturated rings. The van der Waals surface area contributed by atoms with Crippen LogP contribution in [0.5, 0.6) is 5.75 Å². The fraction of sp³-hybridized carbons (Fsp3) is 0.133. The SMILES string of the molecule is C=CC(=O)N1CC(n2cc(-c3nc(-c4ccc(C(N)=O)cc4)c4ccsc4c3-c3ccc(F)cc3OC)cn2)C1. The highest BCUT2D eigenvalue weighted by Gasteiger charge is 2.32. The van der Waals surface area contributed by atoms with Crippen molar-refractivity contribution in [1.29, 1.82) is 0 Å². The molecule has 8 nitrogen and oxygen atoms in total. The van der Waals surface area contributed by atoms with Crippen LogP contribution in [0.3, 0.4) is 0 Å². The summed E-state index contributed by atoms with van der Waals surface area (Å²) in [7, 11) is 1.51. The zero-order chi connectivity index (χ0) is 28.0. The summed E-state index contributed by atoms with van der Waals surface area (Å²) >= 11 is 1.55. The topological polar surface area (TPSA) is 103 Å². The number of methoxy groups -OCH3 is 1. The number of hydrogen-bond donors (Lipinski definition) is 1. The molecule has 0 aliphatic carbocycles. The Kier molecular flexibility index (Phi) is 6.39. The van der Waals surface area contributed by atoms with Crippen LogP contribution in [0.25, 0.3) is 43.7 Å². The number of carbonyl (C=O) groups excluding carboxylic acids is 2. The number of amides is 2. The van der Waals surface area contributed by atoms with Crippen molar-refractivity contribution in [3.05, 3.63) is 90.3 Å². The lowest BCUT2D eigenvalue weighted by Gasteiger charge is -2.38. The fourth-order valence-electron chi connectivity index (χ4n) is 4.96. The first kappa shape index (κ1) is 25.4. The largest absolute Gasteiger partial charge is 0.496 e. The van der Waals surface area contributed by atoms with Gasteiger partial charge < -0.3 is 15.4 Å². The summed E-state index contributed by atoms with van der Waals surface area (Å²) in [5, 5.41) is 7.50. The van der Waals surface area contributed by atoms with E-state index in [4.69, 9.17) is 15.5 Å². The van der Waals surface area contributed by atoms with Crippen molar-refractivity contribution in [2.24, 2.45) is 5.73 Å². The van der Waals surface area contributed by atoms with Crippen LogP contribution in [0.4, 0.5) is 4.39 Å². The maximum absolute atomic E-state index is 14.2. The number of benzene rings is 2. The molecule has 4 heterocycles. The number of fused-ring (bicyclic) bond motifs is 1. The number of pyridine rings is 1. The van der Waals surface area contributed by atoms with E-state index in [1.54, 1.807) is 40.6 Å². The van der Waals surface area contributed by atoms with Crippen LogP contribution >= 0.6 is 11.3 Å². The van der Waals surface area contributed by atoms with Gasteiger partial charge in [0.1, 0.15) is 11.6 Å². The van der Waals surface area contributed by atoms with Crippen LogP contribution in [-0.4, -0.2) is 51.7 Å². The van der Waals surface area contributed by atoms with E-state index in [9.17, 15) is 14.0 Å². The van der Waals surface area contributed by atoms with Crippen LogP contribution < -0.4 is 10.5 Å². The Balaban J connectivity index is 1.53. The highest BCUT2D eigenvalue weighted by Crippen LogP contribution is 2.46. The van der Waals surface area contributed by atoms with Gasteiger partial charge in [-0.3, -0.25) is 14.3 Å². The maximum atomic E-state index is 14.2. The van der Waals surface area contributed by atoms with Gasteiger partial charge in [0.05, 0.1) is 30.7 Å². The molecule has 2 N–H and O–H groups in total. The van der Waals surface area contributed by atoms with Gasteiger partial charge in [-0.1, -0.05) is 18.7 Å². The average Bonchev–Trinajstić information content (AvgIpc) is 3.62. The highest BCUT2D eigenvalue weighted by molar-refractivity contribution is 7.18. The van der Waals surface area contributed by atoms with Crippen molar-refractivity contribution in [2.75, 3.05) is 20.2 Å². The zero-order valence-corrected chi connectivity index (χ0v) is 22.3. The predicted molar refractivity (Wildman–Crippen MR) is 153 cm³/mol. The van der Waals surface area contributed by atoms with Gasteiger partial charge in [-0.25, -0.2) is 9.37 Å². The Labute approximate surface area is 233 Å². The Hall–Kier alpha value is -4.83. The predicted octanol–water partition coefficient (Wildman–Crippen LogP) is 5.31. The molecule has 1 aliphatic rings. The lowest BCUT2D eigenvalue weighted by molar-refractivity contribution is -0.131. The smallest absolute Gasteiger partial charge is 0.248 e. The van der Waals surface area contributed by atoms with E-state index in [0.717, 1.165) is 32.5 Å². The van der Waals surface area contributed by atoms with Crippen molar-refractivity contribution in [3.63, 3.8) is 0 Å². The third kappa shape index (κ3) is 4.32. The lowest BCUT2D eigenvalue weighted by atomic mass is 9.96. The van der Waals surface area contributed by atoms with E-state index in [2.05, 4.69) is 11.7 Å². The van der Waals surface area contributed by atoms with Crippen LogP contribution in [-0.2, 0) is 4.79 Å². The molecule has 0 bridgehead atoms. The molecule has 0 spiro atoms. The van der Waals surface area contributed by atoms with Gasteiger partial charge in [-0.15, -0.1) is 11.3 Å². The molecule has 0 unspecified atom stereocenters. The molecule has 2 amide bonds. The Morgan fingerprint density at radius 2 is 1.90 bits per heavy atom. The van der Waals surface area contributed by atoms with Gasteiger partial charge in [0, 0.05) is 63.3 Å². The van der Waals surface area contributed by atoms with Crippen LogP contribution in [0.2, 0.25) is 0 Å². The van der Waals surface area contributed by atoms with Crippen LogP contribution in [0.1, 0.15) is 16.4 Å². The van der Waals surface area contributed by atoms with Gasteiger partial charge in [0.25, 0.3) is 0 Å². The maximum Gasteiger partial charge on any atom is 0.248 e. The number of halogens is 1. The van der Waals surface area contributed by atoms with E-state index in [1.807, 2.05) is 34.5 Å². The number of rotatable bonds is 7. The fourth-order valence-corrected chi connectivity index (χ4v) is 5.92. The van der Waals surface area contributed by atoms with Gasteiger partial charge in [-0.05, 0) is 41.8 Å². The minimum atomic E-state index is -0.503. The first-order valence-corrected chi connectivity index (χ1v) is 13.4. The Bertz CT molecular complexity index is 1790. The van der Waals surface area contributed by atoms with Gasteiger partial charge in [0.2, 0.25) is 11.8 Å². The first-order chi connectivity index (χ1) is 19.4. The molecule has 10 heteroatoms. The minimum absolute atomic E-state index is 0.0349. The summed E-state index contributed by atoms with van der Waals surface area (Å²) in [5.41, 5.74) is 10.3. The molecule has 200 valence electrons. The second kappa shape index (κ2) is 10.0. The third-order valence-electron chi connectivity index (χ3n) is 7.08. The summed E-state index contributed by atoms with van der Waals surface area (Å²) in [6.45, 7) is 4.63. The summed E-state index contributed by atoms with van der Waals surface area (Å²) < 4.78 is 22.6. The number of nitrogens with zero attached hydrogens (tertiary/aromatic N) is 4. The molecule has 5 aromatic rings. The van der Waals surface area contributed by atoms with Gasteiger partial charge >= 0.3 is 0 Å². The monoisotopic (exact) mass is 553 g/mol. The number of carbonyl (C=O) groups is 2. The van der Waals surface area contributed by atoms with Crippen molar-refractivity contribution in [2.45, 2.75) is 6.04 Å². The van der Waals surface area contributed by atoms with E-state index < -0.39 is 11.7 Å².